The number of fused-ring (bicyclic) bond motifs is 1. The second-order valence-corrected chi connectivity index (χ2v) is 5.45. The van der Waals surface area contributed by atoms with E-state index >= 15 is 0 Å². The standard InChI is InChI=1S/C17H18O2/c1-5-13-14-9-7-6-8-12(14)10-11-15(13)16(18)19-17(2,3)4/h5-11H,1H2,2-4H3. The summed E-state index contributed by atoms with van der Waals surface area (Å²) in [6.07, 6.45) is 1.71. The Balaban J connectivity index is 2.55. The SMILES string of the molecule is C=Cc1c(C(=O)OC(C)(C)C)ccc2ccccc12. The average Bonchev–Trinajstić information content (AvgIpc) is 2.35. The zero-order valence-corrected chi connectivity index (χ0v) is 11.6. The van der Waals surface area contributed by atoms with Gasteiger partial charge in [-0.3, -0.25) is 0 Å². The van der Waals surface area contributed by atoms with Crippen molar-refractivity contribution in [3.63, 3.8) is 0 Å². The van der Waals surface area contributed by atoms with Crippen LogP contribution in [0.3, 0.4) is 0 Å². The van der Waals surface area contributed by atoms with Crippen molar-refractivity contribution in [1.82, 2.24) is 0 Å². The first kappa shape index (κ1) is 13.3. The molecule has 0 amide bonds. The van der Waals surface area contributed by atoms with Gasteiger partial charge in [0.05, 0.1) is 5.56 Å². The Labute approximate surface area is 113 Å². The van der Waals surface area contributed by atoms with Crippen LogP contribution in [0.15, 0.2) is 43.0 Å². The molecule has 19 heavy (non-hydrogen) atoms. The highest BCUT2D eigenvalue weighted by atomic mass is 16.6. The van der Waals surface area contributed by atoms with E-state index in [9.17, 15) is 4.79 Å². The average molecular weight is 254 g/mol. The van der Waals surface area contributed by atoms with Gasteiger partial charge >= 0.3 is 5.97 Å². The van der Waals surface area contributed by atoms with Gasteiger partial charge < -0.3 is 4.74 Å². The molecular formula is C17H18O2. The Hall–Kier alpha value is -2.09. The summed E-state index contributed by atoms with van der Waals surface area (Å²) in [6, 6.07) is 11.7. The number of ether oxygens (including phenoxy) is 1. The number of hydrogen-bond donors (Lipinski definition) is 0. The van der Waals surface area contributed by atoms with Gasteiger partial charge in [0.25, 0.3) is 0 Å². The molecule has 0 aromatic heterocycles. The second kappa shape index (κ2) is 4.88. The first-order valence-corrected chi connectivity index (χ1v) is 6.30. The summed E-state index contributed by atoms with van der Waals surface area (Å²) >= 11 is 0. The summed E-state index contributed by atoms with van der Waals surface area (Å²) in [7, 11) is 0. The maximum absolute atomic E-state index is 12.2. The minimum Gasteiger partial charge on any atom is -0.456 e. The monoisotopic (exact) mass is 254 g/mol. The molecule has 2 rings (SSSR count). The minimum atomic E-state index is -0.499. The molecule has 0 saturated heterocycles. The van der Waals surface area contributed by atoms with Crippen molar-refractivity contribution in [2.45, 2.75) is 26.4 Å². The molecule has 2 aromatic carbocycles. The van der Waals surface area contributed by atoms with Crippen LogP contribution in [0.5, 0.6) is 0 Å². The number of rotatable bonds is 2. The molecule has 98 valence electrons. The molecule has 0 N–H and O–H groups in total. The molecule has 0 unspecified atom stereocenters. The van der Waals surface area contributed by atoms with Crippen LogP contribution in [-0.2, 0) is 4.74 Å². The highest BCUT2D eigenvalue weighted by molar-refractivity contribution is 6.02. The van der Waals surface area contributed by atoms with Crippen molar-refractivity contribution in [2.75, 3.05) is 0 Å². The minimum absolute atomic E-state index is 0.312. The van der Waals surface area contributed by atoms with Crippen LogP contribution in [0.25, 0.3) is 16.8 Å². The lowest BCUT2D eigenvalue weighted by Gasteiger charge is -2.20. The van der Waals surface area contributed by atoms with E-state index in [1.165, 1.54) is 0 Å². The summed E-state index contributed by atoms with van der Waals surface area (Å²) in [5, 5.41) is 2.10. The van der Waals surface area contributed by atoms with Crippen LogP contribution >= 0.6 is 0 Å². The third-order valence-corrected chi connectivity index (χ3v) is 2.79. The van der Waals surface area contributed by atoms with E-state index in [1.807, 2.05) is 51.1 Å². The lowest BCUT2D eigenvalue weighted by Crippen LogP contribution is -2.24. The smallest absolute Gasteiger partial charge is 0.339 e. The Bertz CT molecular complexity index is 633. The molecule has 0 saturated carbocycles. The summed E-state index contributed by atoms with van der Waals surface area (Å²) in [6.45, 7) is 9.39. The van der Waals surface area contributed by atoms with Crippen LogP contribution < -0.4 is 0 Å². The van der Waals surface area contributed by atoms with Gasteiger partial charge in [0.15, 0.2) is 0 Å². The van der Waals surface area contributed by atoms with Crippen molar-refractivity contribution in [1.29, 1.82) is 0 Å². The molecule has 0 spiro atoms. The zero-order valence-electron chi connectivity index (χ0n) is 11.6. The fourth-order valence-electron chi connectivity index (χ4n) is 2.03. The van der Waals surface area contributed by atoms with E-state index in [-0.39, 0.29) is 5.97 Å². The van der Waals surface area contributed by atoms with E-state index in [0.29, 0.717) is 5.56 Å². The largest absolute Gasteiger partial charge is 0.456 e. The quantitative estimate of drug-likeness (QED) is 0.741. The molecule has 0 heterocycles. The van der Waals surface area contributed by atoms with Crippen molar-refractivity contribution in [2.24, 2.45) is 0 Å². The molecule has 0 aliphatic rings. The number of hydrogen-bond acceptors (Lipinski definition) is 2. The Kier molecular flexibility index (Phi) is 3.43. The summed E-state index contributed by atoms with van der Waals surface area (Å²) in [5.74, 6) is -0.312. The van der Waals surface area contributed by atoms with Crippen LogP contribution in [0.4, 0.5) is 0 Å². The first-order chi connectivity index (χ1) is 8.92. The summed E-state index contributed by atoms with van der Waals surface area (Å²) in [5.41, 5.74) is 0.886. The van der Waals surface area contributed by atoms with E-state index < -0.39 is 5.60 Å². The fraction of sp³-hybridized carbons (Fsp3) is 0.235. The van der Waals surface area contributed by atoms with Gasteiger partial charge in [-0.15, -0.1) is 0 Å². The van der Waals surface area contributed by atoms with Crippen molar-refractivity contribution >= 4 is 22.8 Å². The summed E-state index contributed by atoms with van der Waals surface area (Å²) < 4.78 is 5.43. The molecular weight excluding hydrogens is 236 g/mol. The molecule has 0 fully saturated rings. The predicted octanol–water partition coefficient (Wildman–Crippen LogP) is 4.44. The van der Waals surface area contributed by atoms with E-state index in [2.05, 4.69) is 6.58 Å². The van der Waals surface area contributed by atoms with Crippen LogP contribution in [0.2, 0.25) is 0 Å². The van der Waals surface area contributed by atoms with Gasteiger partial charge in [-0.25, -0.2) is 4.79 Å². The third-order valence-electron chi connectivity index (χ3n) is 2.79. The lowest BCUT2D eigenvalue weighted by atomic mass is 9.99. The van der Waals surface area contributed by atoms with Gasteiger partial charge in [-0.2, -0.15) is 0 Å². The summed E-state index contributed by atoms with van der Waals surface area (Å²) in [4.78, 5) is 12.2. The Morgan fingerprint density at radius 1 is 1.16 bits per heavy atom. The number of carbonyl (C=O) groups excluding carboxylic acids is 1. The van der Waals surface area contributed by atoms with Crippen LogP contribution in [-0.4, -0.2) is 11.6 Å². The molecule has 2 aromatic rings. The molecule has 2 nitrogen and oxygen atoms in total. The molecule has 0 bridgehead atoms. The second-order valence-electron chi connectivity index (χ2n) is 5.45. The van der Waals surface area contributed by atoms with E-state index in [0.717, 1.165) is 16.3 Å². The molecule has 2 heteroatoms. The van der Waals surface area contributed by atoms with E-state index in [4.69, 9.17) is 4.74 Å². The van der Waals surface area contributed by atoms with Crippen molar-refractivity contribution < 1.29 is 9.53 Å². The zero-order chi connectivity index (χ0) is 14.0. The van der Waals surface area contributed by atoms with Crippen molar-refractivity contribution in [3.05, 3.63) is 54.1 Å². The van der Waals surface area contributed by atoms with Crippen molar-refractivity contribution in [3.8, 4) is 0 Å². The topological polar surface area (TPSA) is 26.3 Å². The van der Waals surface area contributed by atoms with Gasteiger partial charge in [0, 0.05) is 0 Å². The highest BCUT2D eigenvalue weighted by Gasteiger charge is 2.20. The first-order valence-electron chi connectivity index (χ1n) is 6.30. The molecule has 0 atom stereocenters. The van der Waals surface area contributed by atoms with Gasteiger partial charge in [-0.05, 0) is 43.2 Å². The number of benzene rings is 2. The van der Waals surface area contributed by atoms with Gasteiger partial charge in [0.2, 0.25) is 0 Å². The molecule has 0 aliphatic heterocycles. The third kappa shape index (κ3) is 2.84. The Morgan fingerprint density at radius 3 is 2.47 bits per heavy atom. The van der Waals surface area contributed by atoms with Gasteiger partial charge in [-0.1, -0.05) is 43.0 Å². The van der Waals surface area contributed by atoms with Crippen LogP contribution in [0.1, 0.15) is 36.7 Å². The Morgan fingerprint density at radius 2 is 1.84 bits per heavy atom. The maximum Gasteiger partial charge on any atom is 0.339 e. The number of esters is 1. The molecule has 0 radical (unpaired) electrons. The normalized spacial score (nSPS) is 11.3. The van der Waals surface area contributed by atoms with Crippen LogP contribution in [0, 0.1) is 0 Å². The van der Waals surface area contributed by atoms with E-state index in [1.54, 1.807) is 12.1 Å². The lowest BCUT2D eigenvalue weighted by molar-refractivity contribution is 0.00695. The molecule has 0 aliphatic carbocycles. The number of carbonyl (C=O) groups is 1. The fourth-order valence-corrected chi connectivity index (χ4v) is 2.03. The van der Waals surface area contributed by atoms with Gasteiger partial charge in [0.1, 0.15) is 5.60 Å². The highest BCUT2D eigenvalue weighted by Crippen LogP contribution is 2.25. The predicted molar refractivity (Wildman–Crippen MR) is 79.2 cm³/mol. The maximum atomic E-state index is 12.2.